The van der Waals surface area contributed by atoms with E-state index in [0.29, 0.717) is 31.5 Å². The molecule has 0 radical (unpaired) electrons. The zero-order valence-corrected chi connectivity index (χ0v) is 13.7. The summed E-state index contributed by atoms with van der Waals surface area (Å²) < 4.78 is 41.8. The molecule has 0 bridgehead atoms. The van der Waals surface area contributed by atoms with E-state index in [1.54, 1.807) is 4.90 Å². The van der Waals surface area contributed by atoms with E-state index >= 15 is 0 Å². The Kier molecular flexibility index (Phi) is 4.76. The van der Waals surface area contributed by atoms with Gasteiger partial charge in [0.05, 0.1) is 6.54 Å². The van der Waals surface area contributed by atoms with Crippen LogP contribution in [-0.4, -0.2) is 38.2 Å². The van der Waals surface area contributed by atoms with Crippen molar-refractivity contribution in [2.75, 3.05) is 6.54 Å². The minimum Gasteiger partial charge on any atom is -0.333 e. The van der Waals surface area contributed by atoms with E-state index in [9.17, 15) is 18.0 Å². The first kappa shape index (κ1) is 17.4. The van der Waals surface area contributed by atoms with Crippen LogP contribution in [-0.2, 0) is 24.3 Å². The number of carbonyl (C=O) groups excluding carboxylic acids is 1. The van der Waals surface area contributed by atoms with E-state index in [-0.39, 0.29) is 24.3 Å². The van der Waals surface area contributed by atoms with Gasteiger partial charge in [-0.05, 0) is 25.0 Å². The van der Waals surface area contributed by atoms with Gasteiger partial charge >= 0.3 is 0 Å². The third-order valence-corrected chi connectivity index (χ3v) is 4.30. The van der Waals surface area contributed by atoms with Gasteiger partial charge in [-0.25, -0.2) is 13.2 Å². The lowest BCUT2D eigenvalue weighted by Gasteiger charge is -2.28. The van der Waals surface area contributed by atoms with Crippen LogP contribution in [0, 0.1) is 24.4 Å². The van der Waals surface area contributed by atoms with Gasteiger partial charge in [0, 0.05) is 31.6 Å². The molecule has 0 saturated carbocycles. The Balaban J connectivity index is 1.61. The van der Waals surface area contributed by atoms with Gasteiger partial charge in [0.2, 0.25) is 5.91 Å². The van der Waals surface area contributed by atoms with Crippen LogP contribution in [0.25, 0.3) is 0 Å². The second kappa shape index (κ2) is 6.83. The SMILES string of the molecule is Cc1nnc2n1CCN(C(=O)CC(N)Cc1cc(F)c(F)cc1F)C2. The third kappa shape index (κ3) is 3.65. The summed E-state index contributed by atoms with van der Waals surface area (Å²) in [6.07, 6.45) is -0.0799. The smallest absolute Gasteiger partial charge is 0.224 e. The highest BCUT2D eigenvalue weighted by Gasteiger charge is 2.25. The summed E-state index contributed by atoms with van der Waals surface area (Å²) in [5.41, 5.74) is 5.86. The number of carbonyl (C=O) groups is 1. The van der Waals surface area contributed by atoms with Crippen molar-refractivity contribution in [3.63, 3.8) is 0 Å². The average Bonchev–Trinajstić information content (AvgIpc) is 2.93. The highest BCUT2D eigenvalue weighted by molar-refractivity contribution is 5.76. The molecule has 1 aliphatic rings. The number of aryl methyl sites for hydroxylation is 1. The van der Waals surface area contributed by atoms with Crippen LogP contribution in [0.5, 0.6) is 0 Å². The normalized spacial score (nSPS) is 15.2. The van der Waals surface area contributed by atoms with Gasteiger partial charge in [-0.2, -0.15) is 0 Å². The highest BCUT2D eigenvalue weighted by Crippen LogP contribution is 2.17. The van der Waals surface area contributed by atoms with Crippen molar-refractivity contribution in [2.24, 2.45) is 5.73 Å². The van der Waals surface area contributed by atoms with E-state index in [2.05, 4.69) is 10.2 Å². The molecule has 3 rings (SSSR count). The molecule has 9 heteroatoms. The molecule has 1 unspecified atom stereocenters. The second-order valence-corrected chi connectivity index (χ2v) is 6.16. The number of aromatic nitrogens is 3. The maximum atomic E-state index is 13.7. The lowest BCUT2D eigenvalue weighted by molar-refractivity contribution is -0.133. The summed E-state index contributed by atoms with van der Waals surface area (Å²) in [5.74, 6) is -1.95. The first-order chi connectivity index (χ1) is 11.8. The summed E-state index contributed by atoms with van der Waals surface area (Å²) in [6.45, 7) is 3.30. The Morgan fingerprint density at radius 3 is 2.68 bits per heavy atom. The molecule has 6 nitrogen and oxygen atoms in total. The lowest BCUT2D eigenvalue weighted by atomic mass is 10.0. The minimum absolute atomic E-state index is 0.0223. The fourth-order valence-corrected chi connectivity index (χ4v) is 2.94. The van der Waals surface area contributed by atoms with Crippen molar-refractivity contribution in [1.29, 1.82) is 0 Å². The molecule has 1 aromatic carbocycles. The van der Waals surface area contributed by atoms with E-state index in [1.807, 2.05) is 11.5 Å². The zero-order valence-electron chi connectivity index (χ0n) is 13.7. The van der Waals surface area contributed by atoms with Crippen molar-refractivity contribution in [3.05, 3.63) is 46.8 Å². The molecule has 1 amide bonds. The standard InChI is InChI=1S/C16H18F3N5O/c1-9-21-22-15-8-23(2-3-24(9)15)16(25)6-11(20)4-10-5-13(18)14(19)7-12(10)17/h5,7,11H,2-4,6,8,20H2,1H3. The number of nitrogens with zero attached hydrogens (tertiary/aromatic N) is 4. The fraction of sp³-hybridized carbons (Fsp3) is 0.438. The Morgan fingerprint density at radius 1 is 1.20 bits per heavy atom. The van der Waals surface area contributed by atoms with Gasteiger partial charge in [-0.1, -0.05) is 0 Å². The summed E-state index contributed by atoms with van der Waals surface area (Å²) >= 11 is 0. The quantitative estimate of drug-likeness (QED) is 0.841. The number of rotatable bonds is 4. The summed E-state index contributed by atoms with van der Waals surface area (Å²) in [7, 11) is 0. The van der Waals surface area contributed by atoms with Gasteiger partial charge in [0.1, 0.15) is 11.6 Å². The Morgan fingerprint density at radius 2 is 1.92 bits per heavy atom. The van der Waals surface area contributed by atoms with Crippen LogP contribution in [0.3, 0.4) is 0 Å². The van der Waals surface area contributed by atoms with Crippen LogP contribution in [0.4, 0.5) is 13.2 Å². The molecule has 0 aliphatic carbocycles. The van der Waals surface area contributed by atoms with Crippen LogP contribution in [0.2, 0.25) is 0 Å². The largest absolute Gasteiger partial charge is 0.333 e. The molecular formula is C16H18F3N5O. The first-order valence-corrected chi connectivity index (χ1v) is 7.90. The summed E-state index contributed by atoms with van der Waals surface area (Å²) in [6, 6.07) is 0.563. The van der Waals surface area contributed by atoms with Crippen LogP contribution in [0.1, 0.15) is 23.6 Å². The highest BCUT2D eigenvalue weighted by atomic mass is 19.2. The molecule has 2 N–H and O–H groups in total. The topological polar surface area (TPSA) is 77.0 Å². The maximum Gasteiger partial charge on any atom is 0.224 e. The minimum atomic E-state index is -1.25. The fourth-order valence-electron chi connectivity index (χ4n) is 2.94. The van der Waals surface area contributed by atoms with Crippen molar-refractivity contribution in [3.8, 4) is 0 Å². The van der Waals surface area contributed by atoms with Crippen LogP contribution >= 0.6 is 0 Å². The van der Waals surface area contributed by atoms with Crippen molar-refractivity contribution < 1.29 is 18.0 Å². The van der Waals surface area contributed by atoms with Crippen molar-refractivity contribution in [1.82, 2.24) is 19.7 Å². The average molecular weight is 353 g/mol. The van der Waals surface area contributed by atoms with Crippen LogP contribution in [0.15, 0.2) is 12.1 Å². The molecule has 2 aromatic rings. The Hall–Kier alpha value is -2.42. The monoisotopic (exact) mass is 353 g/mol. The van der Waals surface area contributed by atoms with Crippen LogP contribution < -0.4 is 5.73 Å². The number of benzene rings is 1. The number of nitrogens with two attached hydrogens (primary N) is 1. The molecule has 1 atom stereocenters. The van der Waals surface area contributed by atoms with E-state index in [0.717, 1.165) is 11.9 Å². The summed E-state index contributed by atoms with van der Waals surface area (Å²) in [5, 5.41) is 8.00. The molecule has 25 heavy (non-hydrogen) atoms. The molecule has 1 aromatic heterocycles. The number of hydrogen-bond donors (Lipinski definition) is 1. The van der Waals surface area contributed by atoms with Gasteiger partial charge in [0.15, 0.2) is 17.5 Å². The number of halogens is 3. The van der Waals surface area contributed by atoms with Gasteiger partial charge in [-0.15, -0.1) is 10.2 Å². The molecule has 0 saturated heterocycles. The van der Waals surface area contributed by atoms with E-state index < -0.39 is 23.5 Å². The van der Waals surface area contributed by atoms with Gasteiger partial charge in [-0.3, -0.25) is 4.79 Å². The van der Waals surface area contributed by atoms with Gasteiger partial charge < -0.3 is 15.2 Å². The molecule has 2 heterocycles. The predicted molar refractivity (Wildman–Crippen MR) is 82.8 cm³/mol. The lowest BCUT2D eigenvalue weighted by Crippen LogP contribution is -2.41. The van der Waals surface area contributed by atoms with Crippen molar-refractivity contribution >= 4 is 5.91 Å². The molecule has 1 aliphatic heterocycles. The molecule has 134 valence electrons. The second-order valence-electron chi connectivity index (χ2n) is 6.16. The Bertz CT molecular complexity index is 807. The van der Waals surface area contributed by atoms with Gasteiger partial charge in [0.25, 0.3) is 0 Å². The number of amides is 1. The predicted octanol–water partition coefficient (Wildman–Crippen LogP) is 1.31. The number of hydrogen-bond acceptors (Lipinski definition) is 4. The molecule has 0 fully saturated rings. The third-order valence-electron chi connectivity index (χ3n) is 4.30. The van der Waals surface area contributed by atoms with Crippen molar-refractivity contribution in [2.45, 2.75) is 38.9 Å². The Labute approximate surface area is 142 Å². The first-order valence-electron chi connectivity index (χ1n) is 7.90. The maximum absolute atomic E-state index is 13.7. The van der Waals surface area contributed by atoms with E-state index in [4.69, 9.17) is 5.73 Å². The van der Waals surface area contributed by atoms with E-state index in [1.165, 1.54) is 0 Å². The molecular weight excluding hydrogens is 335 g/mol. The summed E-state index contributed by atoms with van der Waals surface area (Å²) in [4.78, 5) is 14.0. The molecule has 0 spiro atoms. The zero-order chi connectivity index (χ0) is 18.1. The number of fused-ring (bicyclic) bond motifs is 1.